The molecule has 5 heteroatoms. The maximum atomic E-state index is 12.4. The third-order valence-electron chi connectivity index (χ3n) is 4.20. The van der Waals surface area contributed by atoms with Crippen LogP contribution in [0.25, 0.3) is 0 Å². The van der Waals surface area contributed by atoms with Crippen molar-refractivity contribution in [2.75, 3.05) is 33.3 Å². The summed E-state index contributed by atoms with van der Waals surface area (Å²) in [7, 11) is 1.76. The molecule has 0 bridgehead atoms. The molecule has 114 valence electrons. The highest BCUT2D eigenvalue weighted by Gasteiger charge is 2.37. The highest BCUT2D eigenvalue weighted by atomic mass is 16.5. The highest BCUT2D eigenvalue weighted by Crippen LogP contribution is 2.22. The number of carbonyl (C=O) groups excluding carboxylic acids is 2. The van der Waals surface area contributed by atoms with Crippen molar-refractivity contribution in [3.05, 3.63) is 0 Å². The number of rotatable bonds is 5. The van der Waals surface area contributed by atoms with Gasteiger partial charge < -0.3 is 14.5 Å². The van der Waals surface area contributed by atoms with Gasteiger partial charge in [-0.3, -0.25) is 9.59 Å². The third-order valence-corrected chi connectivity index (χ3v) is 4.20. The van der Waals surface area contributed by atoms with Gasteiger partial charge in [0.15, 0.2) is 0 Å². The molecule has 2 amide bonds. The summed E-state index contributed by atoms with van der Waals surface area (Å²) in [5, 5.41) is 0. The van der Waals surface area contributed by atoms with Crippen LogP contribution in [0.15, 0.2) is 0 Å². The first-order valence-electron chi connectivity index (χ1n) is 7.61. The molecule has 0 aliphatic carbocycles. The lowest BCUT2D eigenvalue weighted by molar-refractivity contribution is -0.135. The molecule has 2 rings (SSSR count). The fraction of sp³-hybridized carbons (Fsp3) is 0.867. The summed E-state index contributed by atoms with van der Waals surface area (Å²) in [6.07, 6.45) is 2.52. The SMILES string of the molecule is CC(C)CCO[C@@H]1CCN(C(=O)[C@@H]2CC(=O)N(C)C2)C1. The second kappa shape index (κ2) is 6.57. The van der Waals surface area contributed by atoms with E-state index in [4.69, 9.17) is 4.74 Å². The molecule has 2 fully saturated rings. The summed E-state index contributed by atoms with van der Waals surface area (Å²) in [5.41, 5.74) is 0. The zero-order chi connectivity index (χ0) is 14.7. The van der Waals surface area contributed by atoms with Crippen molar-refractivity contribution in [3.8, 4) is 0 Å². The van der Waals surface area contributed by atoms with Crippen molar-refractivity contribution in [3.63, 3.8) is 0 Å². The Kier molecular flexibility index (Phi) is 5.02. The Balaban J connectivity index is 1.75. The fourth-order valence-corrected chi connectivity index (χ4v) is 2.82. The van der Waals surface area contributed by atoms with Crippen LogP contribution in [0.2, 0.25) is 0 Å². The van der Waals surface area contributed by atoms with Crippen LogP contribution in [0.1, 0.15) is 33.1 Å². The van der Waals surface area contributed by atoms with E-state index in [1.165, 1.54) is 0 Å². The predicted octanol–water partition coefficient (Wildman–Crippen LogP) is 1.13. The summed E-state index contributed by atoms with van der Waals surface area (Å²) in [4.78, 5) is 27.4. The molecule has 2 aliphatic rings. The third kappa shape index (κ3) is 3.72. The first-order valence-corrected chi connectivity index (χ1v) is 7.61. The van der Waals surface area contributed by atoms with Crippen LogP contribution in [0, 0.1) is 11.8 Å². The van der Waals surface area contributed by atoms with Gasteiger partial charge in [0.1, 0.15) is 0 Å². The van der Waals surface area contributed by atoms with E-state index in [1.807, 2.05) is 4.90 Å². The highest BCUT2D eigenvalue weighted by molar-refractivity contribution is 5.89. The van der Waals surface area contributed by atoms with Gasteiger partial charge in [-0.25, -0.2) is 0 Å². The number of hydrogen-bond donors (Lipinski definition) is 0. The molecule has 0 aromatic heterocycles. The maximum Gasteiger partial charge on any atom is 0.228 e. The Morgan fingerprint density at radius 3 is 2.75 bits per heavy atom. The van der Waals surface area contributed by atoms with Crippen LogP contribution in [-0.2, 0) is 14.3 Å². The second-order valence-corrected chi connectivity index (χ2v) is 6.42. The van der Waals surface area contributed by atoms with Gasteiger partial charge in [-0.1, -0.05) is 13.8 Å². The molecule has 0 saturated carbocycles. The first-order chi connectivity index (χ1) is 9.47. The lowest BCUT2D eigenvalue weighted by atomic mass is 10.1. The molecule has 5 nitrogen and oxygen atoms in total. The lowest BCUT2D eigenvalue weighted by Gasteiger charge is -2.20. The molecular formula is C15H26N2O3. The van der Waals surface area contributed by atoms with Crippen LogP contribution >= 0.6 is 0 Å². The molecule has 20 heavy (non-hydrogen) atoms. The maximum absolute atomic E-state index is 12.4. The zero-order valence-corrected chi connectivity index (χ0v) is 12.8. The lowest BCUT2D eigenvalue weighted by Crippen LogP contribution is -2.36. The van der Waals surface area contributed by atoms with E-state index in [-0.39, 0.29) is 23.8 Å². The zero-order valence-electron chi connectivity index (χ0n) is 12.8. The molecule has 0 spiro atoms. The summed E-state index contributed by atoms with van der Waals surface area (Å²) >= 11 is 0. The van der Waals surface area contributed by atoms with Crippen molar-refractivity contribution in [1.29, 1.82) is 0 Å². The quantitative estimate of drug-likeness (QED) is 0.759. The van der Waals surface area contributed by atoms with Crippen LogP contribution < -0.4 is 0 Å². The molecule has 0 unspecified atom stereocenters. The first kappa shape index (κ1) is 15.3. The largest absolute Gasteiger partial charge is 0.376 e. The van der Waals surface area contributed by atoms with Crippen LogP contribution in [0.5, 0.6) is 0 Å². The van der Waals surface area contributed by atoms with Crippen molar-refractivity contribution in [2.24, 2.45) is 11.8 Å². The minimum atomic E-state index is -0.151. The number of carbonyl (C=O) groups is 2. The molecular weight excluding hydrogens is 256 g/mol. The number of nitrogens with zero attached hydrogens (tertiary/aromatic N) is 2. The Bertz CT molecular complexity index is 370. The Labute approximate surface area is 121 Å². The van der Waals surface area contributed by atoms with E-state index in [2.05, 4.69) is 13.8 Å². The molecule has 0 aromatic carbocycles. The molecule has 2 aliphatic heterocycles. The van der Waals surface area contributed by atoms with Gasteiger partial charge in [0, 0.05) is 39.7 Å². The summed E-state index contributed by atoms with van der Waals surface area (Å²) in [6, 6.07) is 0. The molecule has 2 saturated heterocycles. The van der Waals surface area contributed by atoms with E-state index < -0.39 is 0 Å². The number of hydrogen-bond acceptors (Lipinski definition) is 3. The number of amides is 2. The van der Waals surface area contributed by atoms with E-state index in [0.29, 0.717) is 25.4 Å². The van der Waals surface area contributed by atoms with Gasteiger partial charge in [-0.05, 0) is 18.8 Å². The van der Waals surface area contributed by atoms with Crippen LogP contribution in [-0.4, -0.2) is 61.0 Å². The number of likely N-dealkylation sites (tertiary alicyclic amines) is 2. The van der Waals surface area contributed by atoms with Crippen LogP contribution in [0.4, 0.5) is 0 Å². The number of ether oxygens (including phenoxy) is 1. The Morgan fingerprint density at radius 1 is 1.40 bits per heavy atom. The minimum Gasteiger partial charge on any atom is -0.376 e. The fourth-order valence-electron chi connectivity index (χ4n) is 2.82. The summed E-state index contributed by atoms with van der Waals surface area (Å²) in [6.45, 7) is 7.15. The van der Waals surface area contributed by atoms with Gasteiger partial charge in [0.05, 0.1) is 12.0 Å². The van der Waals surface area contributed by atoms with Crippen molar-refractivity contribution in [2.45, 2.75) is 39.2 Å². The second-order valence-electron chi connectivity index (χ2n) is 6.42. The smallest absolute Gasteiger partial charge is 0.228 e. The predicted molar refractivity (Wildman–Crippen MR) is 76.1 cm³/mol. The van der Waals surface area contributed by atoms with Crippen molar-refractivity contribution in [1.82, 2.24) is 9.80 Å². The molecule has 2 heterocycles. The van der Waals surface area contributed by atoms with Gasteiger partial charge >= 0.3 is 0 Å². The summed E-state index contributed by atoms with van der Waals surface area (Å²) < 4.78 is 5.83. The van der Waals surface area contributed by atoms with Crippen molar-refractivity contribution < 1.29 is 14.3 Å². The molecule has 0 N–H and O–H groups in total. The molecule has 0 aromatic rings. The van der Waals surface area contributed by atoms with E-state index in [9.17, 15) is 9.59 Å². The average Bonchev–Trinajstić information content (AvgIpc) is 2.96. The van der Waals surface area contributed by atoms with E-state index >= 15 is 0 Å². The van der Waals surface area contributed by atoms with Crippen molar-refractivity contribution >= 4 is 11.8 Å². The molecule has 2 atom stereocenters. The van der Waals surface area contributed by atoms with Crippen LogP contribution in [0.3, 0.4) is 0 Å². The van der Waals surface area contributed by atoms with Gasteiger partial charge in [0.2, 0.25) is 11.8 Å². The molecule has 0 radical (unpaired) electrons. The van der Waals surface area contributed by atoms with Gasteiger partial charge in [-0.2, -0.15) is 0 Å². The topological polar surface area (TPSA) is 49.9 Å². The van der Waals surface area contributed by atoms with Gasteiger partial charge in [-0.15, -0.1) is 0 Å². The normalized spacial score (nSPS) is 26.9. The monoisotopic (exact) mass is 282 g/mol. The Morgan fingerprint density at radius 2 is 2.15 bits per heavy atom. The van der Waals surface area contributed by atoms with Gasteiger partial charge in [0.25, 0.3) is 0 Å². The standard InChI is InChI=1S/C15H26N2O3/c1-11(2)5-7-20-13-4-6-17(10-13)15(19)12-8-14(18)16(3)9-12/h11-13H,4-10H2,1-3H3/t12-,13-/m1/s1. The Hall–Kier alpha value is -1.10. The minimum absolute atomic E-state index is 0.0762. The average molecular weight is 282 g/mol. The summed E-state index contributed by atoms with van der Waals surface area (Å²) in [5.74, 6) is 0.695. The van der Waals surface area contributed by atoms with E-state index in [0.717, 1.165) is 26.0 Å². The van der Waals surface area contributed by atoms with E-state index in [1.54, 1.807) is 11.9 Å².